The van der Waals surface area contributed by atoms with Crippen molar-refractivity contribution in [3.63, 3.8) is 0 Å². The Bertz CT molecular complexity index is 887. The van der Waals surface area contributed by atoms with Crippen molar-refractivity contribution in [3.05, 3.63) is 30.1 Å². The molecule has 32 heavy (non-hydrogen) atoms. The number of fused-ring (bicyclic) bond motifs is 5. The van der Waals surface area contributed by atoms with Gasteiger partial charge in [0.2, 0.25) is 0 Å². The third-order valence-corrected chi connectivity index (χ3v) is 10.3. The fraction of sp³-hybridized carbons (Fsp3) is 0.741. The standard InChI is InChI=1S/C27H37NO4/c1-16(29)20-6-7-21-24-22(9-11-27(20,21)3)26(2)10-8-19(30)13-18(26)14-23(24)32-25(31)17-5-4-12-28-15-17/h4-5,12,15,18-24,30H,6-11,13-14H2,1-3H3/t18-,19+,20+,21?,22?,23+,24?,26-,27+/m0/s1. The third-order valence-electron chi connectivity index (χ3n) is 10.3. The minimum Gasteiger partial charge on any atom is -0.458 e. The number of hydrogen-bond acceptors (Lipinski definition) is 5. The molecule has 4 saturated carbocycles. The predicted octanol–water partition coefficient (Wildman–Crippen LogP) is 4.83. The molecule has 0 bridgehead atoms. The van der Waals surface area contributed by atoms with Gasteiger partial charge in [-0.05, 0) is 99.0 Å². The molecule has 0 saturated heterocycles. The van der Waals surface area contributed by atoms with E-state index in [0.717, 1.165) is 51.4 Å². The molecular weight excluding hydrogens is 402 g/mol. The van der Waals surface area contributed by atoms with Crippen molar-refractivity contribution in [2.24, 2.45) is 40.4 Å². The first-order chi connectivity index (χ1) is 15.2. The van der Waals surface area contributed by atoms with Crippen LogP contribution in [0, 0.1) is 40.4 Å². The molecule has 0 spiro atoms. The predicted molar refractivity (Wildman–Crippen MR) is 121 cm³/mol. The lowest BCUT2D eigenvalue weighted by Crippen LogP contribution is -2.59. The molecular formula is C27H37NO4. The van der Waals surface area contributed by atoms with E-state index >= 15 is 0 Å². The number of Topliss-reactive ketones (excluding diaryl/α,β-unsaturated/α-hetero) is 1. The number of carbonyl (C=O) groups is 2. The molecule has 0 aliphatic heterocycles. The molecule has 0 radical (unpaired) electrons. The summed E-state index contributed by atoms with van der Waals surface area (Å²) in [6.07, 6.45) is 10.5. The van der Waals surface area contributed by atoms with Crippen molar-refractivity contribution < 1.29 is 19.4 Å². The summed E-state index contributed by atoms with van der Waals surface area (Å²) in [4.78, 5) is 29.7. The molecule has 1 aromatic rings. The minimum absolute atomic E-state index is 0.00331. The van der Waals surface area contributed by atoms with Gasteiger partial charge in [-0.1, -0.05) is 13.8 Å². The maximum atomic E-state index is 13.1. The SMILES string of the molecule is CC(=O)[C@H]1CCC2C3C(CC[C@@]21C)[C@@]1(C)CC[C@@H](O)C[C@H]1C[C@H]3OC(=O)c1cccnc1. The van der Waals surface area contributed by atoms with Crippen LogP contribution in [0.5, 0.6) is 0 Å². The lowest BCUT2D eigenvalue weighted by atomic mass is 9.44. The summed E-state index contributed by atoms with van der Waals surface area (Å²) < 4.78 is 6.28. The van der Waals surface area contributed by atoms with Gasteiger partial charge in [0.1, 0.15) is 11.9 Å². The summed E-state index contributed by atoms with van der Waals surface area (Å²) in [6, 6.07) is 3.53. The molecule has 5 rings (SSSR count). The highest BCUT2D eigenvalue weighted by atomic mass is 16.5. The molecule has 174 valence electrons. The van der Waals surface area contributed by atoms with E-state index in [-0.39, 0.29) is 40.8 Å². The van der Waals surface area contributed by atoms with Gasteiger partial charge in [0.25, 0.3) is 0 Å². The number of ketones is 1. The normalized spacial score (nSPS) is 45.3. The number of aliphatic hydroxyl groups is 1. The number of esters is 1. The summed E-state index contributed by atoms with van der Waals surface area (Å²) in [5.41, 5.74) is 0.674. The second kappa shape index (κ2) is 7.93. The molecule has 0 aromatic carbocycles. The lowest BCUT2D eigenvalue weighted by Gasteiger charge is -2.62. The highest BCUT2D eigenvalue weighted by Crippen LogP contribution is 2.67. The Morgan fingerprint density at radius 1 is 1.06 bits per heavy atom. The van der Waals surface area contributed by atoms with Crippen molar-refractivity contribution in [1.82, 2.24) is 4.98 Å². The van der Waals surface area contributed by atoms with Gasteiger partial charge in [0.15, 0.2) is 0 Å². The van der Waals surface area contributed by atoms with Crippen LogP contribution in [0.4, 0.5) is 0 Å². The zero-order valence-electron chi connectivity index (χ0n) is 19.6. The van der Waals surface area contributed by atoms with Gasteiger partial charge in [-0.3, -0.25) is 9.78 Å². The van der Waals surface area contributed by atoms with Gasteiger partial charge in [0, 0.05) is 24.2 Å². The molecule has 1 heterocycles. The van der Waals surface area contributed by atoms with Crippen LogP contribution in [-0.2, 0) is 9.53 Å². The van der Waals surface area contributed by atoms with Crippen LogP contribution in [-0.4, -0.2) is 34.1 Å². The minimum atomic E-state index is -0.296. The summed E-state index contributed by atoms with van der Waals surface area (Å²) in [6.45, 7) is 6.51. The number of ether oxygens (including phenoxy) is 1. The van der Waals surface area contributed by atoms with Gasteiger partial charge < -0.3 is 9.84 Å². The first-order valence-electron chi connectivity index (χ1n) is 12.5. The monoisotopic (exact) mass is 439 g/mol. The molecule has 4 fully saturated rings. The van der Waals surface area contributed by atoms with Crippen molar-refractivity contribution in [1.29, 1.82) is 0 Å². The second-order valence-electron chi connectivity index (χ2n) is 11.6. The molecule has 9 atom stereocenters. The van der Waals surface area contributed by atoms with Crippen molar-refractivity contribution in [3.8, 4) is 0 Å². The first kappa shape index (κ1) is 22.1. The van der Waals surface area contributed by atoms with Gasteiger partial charge in [-0.25, -0.2) is 4.79 Å². The van der Waals surface area contributed by atoms with Crippen LogP contribution >= 0.6 is 0 Å². The molecule has 0 amide bonds. The van der Waals surface area contributed by atoms with Gasteiger partial charge >= 0.3 is 5.97 Å². The molecule has 1 N–H and O–H groups in total. The Morgan fingerprint density at radius 2 is 1.81 bits per heavy atom. The summed E-state index contributed by atoms with van der Waals surface area (Å²) in [5, 5.41) is 10.4. The Morgan fingerprint density at radius 3 is 2.53 bits per heavy atom. The van der Waals surface area contributed by atoms with Crippen LogP contribution in [0.2, 0.25) is 0 Å². The summed E-state index contributed by atoms with van der Waals surface area (Å²) in [7, 11) is 0. The van der Waals surface area contributed by atoms with E-state index in [0.29, 0.717) is 29.1 Å². The molecule has 3 unspecified atom stereocenters. The number of hydrogen-bond donors (Lipinski definition) is 1. The fourth-order valence-electron chi connectivity index (χ4n) is 8.65. The average Bonchev–Trinajstić information content (AvgIpc) is 3.13. The van der Waals surface area contributed by atoms with Crippen molar-refractivity contribution in [2.45, 2.75) is 84.3 Å². The van der Waals surface area contributed by atoms with Gasteiger partial charge in [-0.2, -0.15) is 0 Å². The third kappa shape index (κ3) is 3.34. The lowest BCUT2D eigenvalue weighted by molar-refractivity contribution is -0.175. The topological polar surface area (TPSA) is 76.5 Å². The Balaban J connectivity index is 1.50. The first-order valence-corrected chi connectivity index (χ1v) is 12.5. The zero-order valence-corrected chi connectivity index (χ0v) is 19.6. The number of rotatable bonds is 3. The van der Waals surface area contributed by atoms with E-state index in [1.54, 1.807) is 31.5 Å². The Labute approximate surface area is 191 Å². The van der Waals surface area contributed by atoms with E-state index in [1.807, 2.05) is 0 Å². The van der Waals surface area contributed by atoms with E-state index in [1.165, 1.54) is 0 Å². The number of aliphatic hydroxyl groups excluding tert-OH is 1. The average molecular weight is 440 g/mol. The number of aromatic nitrogens is 1. The second-order valence-corrected chi connectivity index (χ2v) is 11.6. The van der Waals surface area contributed by atoms with Crippen molar-refractivity contribution >= 4 is 11.8 Å². The number of nitrogens with zero attached hydrogens (tertiary/aromatic N) is 1. The summed E-state index contributed by atoms with van der Waals surface area (Å²) in [5.74, 6) is 1.69. The maximum absolute atomic E-state index is 13.1. The van der Waals surface area contributed by atoms with Crippen LogP contribution < -0.4 is 0 Å². The molecule has 4 aliphatic carbocycles. The largest absolute Gasteiger partial charge is 0.458 e. The van der Waals surface area contributed by atoms with E-state index in [9.17, 15) is 14.7 Å². The van der Waals surface area contributed by atoms with Gasteiger partial charge in [-0.15, -0.1) is 0 Å². The number of carbonyl (C=O) groups excluding carboxylic acids is 2. The van der Waals surface area contributed by atoms with Gasteiger partial charge in [0.05, 0.1) is 11.7 Å². The van der Waals surface area contributed by atoms with Crippen LogP contribution in [0.1, 0.15) is 82.5 Å². The molecule has 5 nitrogen and oxygen atoms in total. The molecule has 4 aliphatic rings. The maximum Gasteiger partial charge on any atom is 0.339 e. The van der Waals surface area contributed by atoms with E-state index in [2.05, 4.69) is 18.8 Å². The van der Waals surface area contributed by atoms with E-state index in [4.69, 9.17) is 4.74 Å². The fourth-order valence-corrected chi connectivity index (χ4v) is 8.65. The summed E-state index contributed by atoms with van der Waals surface area (Å²) >= 11 is 0. The van der Waals surface area contributed by atoms with Crippen molar-refractivity contribution in [2.75, 3.05) is 0 Å². The van der Waals surface area contributed by atoms with Crippen LogP contribution in [0.15, 0.2) is 24.5 Å². The molecule has 1 aromatic heterocycles. The smallest absolute Gasteiger partial charge is 0.339 e. The Hall–Kier alpha value is -1.75. The highest BCUT2D eigenvalue weighted by molar-refractivity contribution is 5.89. The highest BCUT2D eigenvalue weighted by Gasteiger charge is 2.64. The number of pyridine rings is 1. The van der Waals surface area contributed by atoms with E-state index < -0.39 is 0 Å². The van der Waals surface area contributed by atoms with Crippen LogP contribution in [0.25, 0.3) is 0 Å². The Kier molecular flexibility index (Phi) is 5.47. The molecule has 5 heteroatoms. The van der Waals surface area contributed by atoms with Crippen LogP contribution in [0.3, 0.4) is 0 Å². The quantitative estimate of drug-likeness (QED) is 0.683. The zero-order chi connectivity index (χ0) is 22.7.